The SMILES string of the molecule is COc1cccc(CC(=O)c2cn(CCN)nn2)c1F. The molecule has 106 valence electrons. The molecule has 1 heterocycles. The average molecular weight is 278 g/mol. The second-order valence-electron chi connectivity index (χ2n) is 4.19. The van der Waals surface area contributed by atoms with Crippen molar-refractivity contribution >= 4 is 5.78 Å². The van der Waals surface area contributed by atoms with Crippen molar-refractivity contribution in [3.05, 3.63) is 41.5 Å². The molecule has 7 heteroatoms. The van der Waals surface area contributed by atoms with Gasteiger partial charge in [0.15, 0.2) is 17.3 Å². The number of carbonyl (C=O) groups excluding carboxylic acids is 1. The van der Waals surface area contributed by atoms with Gasteiger partial charge in [-0.15, -0.1) is 5.10 Å². The number of nitrogens with zero attached hydrogens (tertiary/aromatic N) is 3. The number of carbonyl (C=O) groups is 1. The third-order valence-electron chi connectivity index (χ3n) is 2.80. The number of halogens is 1. The van der Waals surface area contributed by atoms with Crippen LogP contribution in [0, 0.1) is 5.82 Å². The molecule has 0 saturated carbocycles. The summed E-state index contributed by atoms with van der Waals surface area (Å²) in [6, 6.07) is 4.68. The van der Waals surface area contributed by atoms with E-state index in [1.54, 1.807) is 12.1 Å². The molecule has 0 saturated heterocycles. The molecule has 0 amide bonds. The molecule has 2 N–H and O–H groups in total. The topological polar surface area (TPSA) is 83.0 Å². The van der Waals surface area contributed by atoms with E-state index in [1.807, 2.05) is 0 Å². The van der Waals surface area contributed by atoms with Crippen LogP contribution in [0.2, 0.25) is 0 Å². The highest BCUT2D eigenvalue weighted by atomic mass is 19.1. The predicted molar refractivity (Wildman–Crippen MR) is 70.1 cm³/mol. The number of methoxy groups -OCH3 is 1. The van der Waals surface area contributed by atoms with Crippen LogP contribution in [0.1, 0.15) is 16.1 Å². The Balaban J connectivity index is 2.14. The highest BCUT2D eigenvalue weighted by molar-refractivity contribution is 5.95. The summed E-state index contributed by atoms with van der Waals surface area (Å²) in [6.07, 6.45) is 1.41. The zero-order chi connectivity index (χ0) is 14.5. The van der Waals surface area contributed by atoms with E-state index in [0.29, 0.717) is 13.1 Å². The van der Waals surface area contributed by atoms with Gasteiger partial charge in [-0.25, -0.2) is 4.39 Å². The summed E-state index contributed by atoms with van der Waals surface area (Å²) < 4.78 is 20.3. The van der Waals surface area contributed by atoms with Crippen LogP contribution in [-0.2, 0) is 13.0 Å². The number of Topliss-reactive ketones (excluding diaryl/α,β-unsaturated/α-hetero) is 1. The van der Waals surface area contributed by atoms with Crippen LogP contribution in [0.15, 0.2) is 24.4 Å². The predicted octanol–water partition coefficient (Wildman–Crippen LogP) is 0.810. The molecule has 20 heavy (non-hydrogen) atoms. The van der Waals surface area contributed by atoms with E-state index in [4.69, 9.17) is 10.5 Å². The molecule has 0 aliphatic heterocycles. The van der Waals surface area contributed by atoms with E-state index in [-0.39, 0.29) is 29.2 Å². The highest BCUT2D eigenvalue weighted by Crippen LogP contribution is 2.21. The first-order chi connectivity index (χ1) is 9.65. The molecule has 2 rings (SSSR count). The highest BCUT2D eigenvalue weighted by Gasteiger charge is 2.16. The fourth-order valence-electron chi connectivity index (χ4n) is 1.78. The summed E-state index contributed by atoms with van der Waals surface area (Å²) in [5, 5.41) is 7.53. The van der Waals surface area contributed by atoms with Crippen LogP contribution in [0.4, 0.5) is 4.39 Å². The van der Waals surface area contributed by atoms with Gasteiger partial charge in [-0.2, -0.15) is 0 Å². The first-order valence-corrected chi connectivity index (χ1v) is 6.10. The van der Waals surface area contributed by atoms with Crippen molar-refractivity contribution in [1.29, 1.82) is 0 Å². The Morgan fingerprint density at radius 1 is 1.50 bits per heavy atom. The molecular weight excluding hydrogens is 263 g/mol. The quantitative estimate of drug-likeness (QED) is 0.791. The number of benzene rings is 1. The van der Waals surface area contributed by atoms with Crippen LogP contribution in [0.3, 0.4) is 0 Å². The van der Waals surface area contributed by atoms with E-state index in [1.165, 1.54) is 24.1 Å². The monoisotopic (exact) mass is 278 g/mol. The zero-order valence-corrected chi connectivity index (χ0v) is 11.0. The van der Waals surface area contributed by atoms with Gasteiger partial charge >= 0.3 is 0 Å². The van der Waals surface area contributed by atoms with Gasteiger partial charge in [0, 0.05) is 13.0 Å². The number of nitrogens with two attached hydrogens (primary N) is 1. The number of ether oxygens (including phenoxy) is 1. The number of hydrogen-bond acceptors (Lipinski definition) is 5. The number of ketones is 1. The standard InChI is InChI=1S/C13H15FN4O2/c1-20-12-4-2-3-9(13(12)14)7-11(19)10-8-18(6-5-15)17-16-10/h2-4,8H,5-7,15H2,1H3. The molecule has 0 radical (unpaired) electrons. The number of rotatable bonds is 6. The van der Waals surface area contributed by atoms with Crippen LogP contribution in [-0.4, -0.2) is 34.4 Å². The van der Waals surface area contributed by atoms with Crippen LogP contribution >= 0.6 is 0 Å². The maximum atomic E-state index is 13.9. The van der Waals surface area contributed by atoms with Crippen molar-refractivity contribution in [2.24, 2.45) is 5.73 Å². The summed E-state index contributed by atoms with van der Waals surface area (Å²) in [6.45, 7) is 0.884. The summed E-state index contributed by atoms with van der Waals surface area (Å²) in [7, 11) is 1.38. The molecule has 0 aliphatic carbocycles. The van der Waals surface area contributed by atoms with Gasteiger partial charge in [0.25, 0.3) is 0 Å². The Morgan fingerprint density at radius 2 is 2.30 bits per heavy atom. The maximum Gasteiger partial charge on any atom is 0.189 e. The Morgan fingerprint density at radius 3 is 3.00 bits per heavy atom. The minimum atomic E-state index is -0.530. The number of aromatic nitrogens is 3. The minimum Gasteiger partial charge on any atom is -0.494 e. The van der Waals surface area contributed by atoms with E-state index < -0.39 is 5.82 Å². The van der Waals surface area contributed by atoms with Crippen molar-refractivity contribution in [2.75, 3.05) is 13.7 Å². The largest absolute Gasteiger partial charge is 0.494 e. The molecule has 0 aliphatic rings. The molecule has 1 aromatic carbocycles. The van der Waals surface area contributed by atoms with Crippen LogP contribution in [0.25, 0.3) is 0 Å². The third kappa shape index (κ3) is 3.00. The van der Waals surface area contributed by atoms with Gasteiger partial charge < -0.3 is 10.5 Å². The van der Waals surface area contributed by atoms with E-state index in [9.17, 15) is 9.18 Å². The first kappa shape index (κ1) is 14.1. The van der Waals surface area contributed by atoms with Gasteiger partial charge in [-0.3, -0.25) is 9.48 Å². The third-order valence-corrected chi connectivity index (χ3v) is 2.80. The second kappa shape index (κ2) is 6.25. The average Bonchev–Trinajstić information content (AvgIpc) is 2.90. The number of hydrogen-bond donors (Lipinski definition) is 1. The summed E-state index contributed by atoms with van der Waals surface area (Å²) in [4.78, 5) is 12.0. The lowest BCUT2D eigenvalue weighted by Crippen LogP contribution is -2.10. The Hall–Kier alpha value is -2.28. The Bertz CT molecular complexity index is 612. The van der Waals surface area contributed by atoms with E-state index in [2.05, 4.69) is 10.3 Å². The normalized spacial score (nSPS) is 10.6. The second-order valence-corrected chi connectivity index (χ2v) is 4.19. The first-order valence-electron chi connectivity index (χ1n) is 6.10. The molecule has 1 aromatic heterocycles. The fourth-order valence-corrected chi connectivity index (χ4v) is 1.78. The summed E-state index contributed by atoms with van der Waals surface area (Å²) in [5.74, 6) is -0.722. The summed E-state index contributed by atoms with van der Waals surface area (Å²) in [5.41, 5.74) is 5.85. The van der Waals surface area contributed by atoms with Crippen molar-refractivity contribution in [2.45, 2.75) is 13.0 Å². The smallest absolute Gasteiger partial charge is 0.189 e. The van der Waals surface area contributed by atoms with Gasteiger partial charge in [-0.05, 0) is 11.6 Å². The zero-order valence-electron chi connectivity index (χ0n) is 11.0. The van der Waals surface area contributed by atoms with Crippen LogP contribution in [0.5, 0.6) is 5.75 Å². The lowest BCUT2D eigenvalue weighted by atomic mass is 10.1. The lowest BCUT2D eigenvalue weighted by molar-refractivity contribution is 0.0987. The molecule has 0 fully saturated rings. The summed E-state index contributed by atoms with van der Waals surface area (Å²) >= 11 is 0. The molecule has 2 aromatic rings. The van der Waals surface area contributed by atoms with Gasteiger partial charge in [-0.1, -0.05) is 17.3 Å². The molecule has 0 spiro atoms. The molecule has 0 atom stereocenters. The van der Waals surface area contributed by atoms with Gasteiger partial charge in [0.2, 0.25) is 0 Å². The van der Waals surface area contributed by atoms with Gasteiger partial charge in [0.1, 0.15) is 5.69 Å². The van der Waals surface area contributed by atoms with Crippen molar-refractivity contribution in [3.8, 4) is 5.75 Å². The minimum absolute atomic E-state index is 0.0929. The van der Waals surface area contributed by atoms with Crippen molar-refractivity contribution in [1.82, 2.24) is 15.0 Å². The lowest BCUT2D eigenvalue weighted by Gasteiger charge is -2.05. The molecule has 0 bridgehead atoms. The van der Waals surface area contributed by atoms with Crippen LogP contribution < -0.4 is 10.5 Å². The Labute approximate surface area is 115 Å². The molecule has 0 unspecified atom stereocenters. The van der Waals surface area contributed by atoms with E-state index in [0.717, 1.165) is 0 Å². The van der Waals surface area contributed by atoms with E-state index >= 15 is 0 Å². The Kier molecular flexibility index (Phi) is 4.41. The van der Waals surface area contributed by atoms with Crippen molar-refractivity contribution in [3.63, 3.8) is 0 Å². The maximum absolute atomic E-state index is 13.9. The molecular formula is C13H15FN4O2. The van der Waals surface area contributed by atoms with Crippen molar-refractivity contribution < 1.29 is 13.9 Å². The molecule has 6 nitrogen and oxygen atoms in total. The van der Waals surface area contributed by atoms with Gasteiger partial charge in [0.05, 0.1) is 19.9 Å². The fraction of sp³-hybridized carbons (Fsp3) is 0.308.